The van der Waals surface area contributed by atoms with Crippen LogP contribution < -0.4 is 10.1 Å². The number of benzene rings is 2. The summed E-state index contributed by atoms with van der Waals surface area (Å²) in [5.74, 6) is 0.480. The van der Waals surface area contributed by atoms with E-state index in [0.29, 0.717) is 17.2 Å². The highest BCUT2D eigenvalue weighted by Gasteiger charge is 2.14. The van der Waals surface area contributed by atoms with E-state index in [1.807, 2.05) is 37.4 Å². The molecule has 0 aliphatic rings. The maximum atomic E-state index is 12.4. The van der Waals surface area contributed by atoms with E-state index in [1.165, 1.54) is 29.5 Å². The summed E-state index contributed by atoms with van der Waals surface area (Å²) in [5.41, 5.74) is 3.31. The molecule has 0 saturated carbocycles. The van der Waals surface area contributed by atoms with Gasteiger partial charge in [-0.05, 0) is 48.6 Å². The summed E-state index contributed by atoms with van der Waals surface area (Å²) < 4.78 is 5.86. The molecule has 6 nitrogen and oxygen atoms in total. The average molecular weight is 417 g/mol. The molecular formula is C20H17ClN2O4S. The molecule has 28 heavy (non-hydrogen) atoms. The molecule has 0 aliphatic carbocycles. The number of halogens is 1. The largest absolute Gasteiger partial charge is 0.489 e. The van der Waals surface area contributed by atoms with Gasteiger partial charge in [0.2, 0.25) is 0 Å². The Hall–Kier alpha value is -2.90. The molecule has 3 rings (SSSR count). The molecule has 1 N–H and O–H groups in total. The van der Waals surface area contributed by atoms with E-state index < -0.39 is 4.92 Å². The van der Waals surface area contributed by atoms with Crippen molar-refractivity contribution in [1.82, 2.24) is 0 Å². The number of hydrogen-bond donors (Lipinski definition) is 1. The lowest BCUT2D eigenvalue weighted by Gasteiger charge is -2.09. The van der Waals surface area contributed by atoms with Crippen LogP contribution in [0.2, 0.25) is 5.02 Å². The zero-order valence-electron chi connectivity index (χ0n) is 15.2. The van der Waals surface area contributed by atoms with Crippen LogP contribution in [0.25, 0.3) is 0 Å². The van der Waals surface area contributed by atoms with Crippen LogP contribution >= 0.6 is 22.9 Å². The Morgan fingerprint density at radius 3 is 2.75 bits per heavy atom. The summed E-state index contributed by atoms with van der Waals surface area (Å²) in [5, 5.41) is 15.4. The van der Waals surface area contributed by atoms with Crippen LogP contribution in [0.1, 0.15) is 26.4 Å². The predicted molar refractivity (Wildman–Crippen MR) is 111 cm³/mol. The van der Waals surface area contributed by atoms with Crippen molar-refractivity contribution in [2.24, 2.45) is 0 Å². The van der Waals surface area contributed by atoms with E-state index in [2.05, 4.69) is 5.32 Å². The number of amides is 1. The quantitative estimate of drug-likeness (QED) is 0.409. The molecule has 0 atom stereocenters. The van der Waals surface area contributed by atoms with Crippen molar-refractivity contribution in [3.05, 3.63) is 84.5 Å². The third-order valence-electron chi connectivity index (χ3n) is 4.24. The lowest BCUT2D eigenvalue weighted by Crippen LogP contribution is -2.10. The molecule has 0 unspecified atom stereocenters. The number of nitrogens with zero attached hydrogens (tertiary/aromatic N) is 1. The summed E-state index contributed by atoms with van der Waals surface area (Å²) in [6.45, 7) is 4.38. The Morgan fingerprint density at radius 2 is 2.04 bits per heavy atom. The Morgan fingerprint density at radius 1 is 1.25 bits per heavy atom. The Bertz CT molecular complexity index is 1050. The van der Waals surface area contributed by atoms with Gasteiger partial charge >= 0.3 is 0 Å². The first-order valence-corrected chi connectivity index (χ1v) is 9.62. The topological polar surface area (TPSA) is 81.5 Å². The van der Waals surface area contributed by atoms with E-state index in [0.717, 1.165) is 22.4 Å². The average Bonchev–Trinajstić information content (AvgIpc) is 3.13. The standard InChI is InChI=1S/C20H17ClN2O4S/c1-12-4-3-5-18(13(12)2)27-10-14-8-19(28-11-14)20(24)22-17-7-6-15(23(25)26)9-16(17)21/h3-9,11H,10H2,1-2H3,(H,22,24). The van der Waals surface area contributed by atoms with Crippen molar-refractivity contribution in [2.45, 2.75) is 20.5 Å². The zero-order chi connectivity index (χ0) is 20.3. The maximum Gasteiger partial charge on any atom is 0.271 e. The number of rotatable bonds is 6. The van der Waals surface area contributed by atoms with Gasteiger partial charge in [-0.15, -0.1) is 11.3 Å². The molecule has 8 heteroatoms. The fraction of sp³-hybridized carbons (Fsp3) is 0.150. The van der Waals surface area contributed by atoms with Gasteiger partial charge in [-0.2, -0.15) is 0 Å². The second-order valence-electron chi connectivity index (χ2n) is 6.18. The van der Waals surface area contributed by atoms with Crippen molar-refractivity contribution >= 4 is 40.2 Å². The minimum absolute atomic E-state index is 0.109. The lowest BCUT2D eigenvalue weighted by molar-refractivity contribution is -0.384. The first-order chi connectivity index (χ1) is 13.3. The first kappa shape index (κ1) is 19.9. The van der Waals surface area contributed by atoms with E-state index in [9.17, 15) is 14.9 Å². The highest BCUT2D eigenvalue weighted by Crippen LogP contribution is 2.28. The van der Waals surface area contributed by atoms with Gasteiger partial charge in [0.1, 0.15) is 12.4 Å². The molecule has 0 spiro atoms. The van der Waals surface area contributed by atoms with Crippen LogP contribution in [-0.2, 0) is 6.61 Å². The molecule has 2 aromatic carbocycles. The van der Waals surface area contributed by atoms with E-state index in [4.69, 9.17) is 16.3 Å². The molecule has 0 saturated heterocycles. The van der Waals surface area contributed by atoms with E-state index in [-0.39, 0.29) is 16.6 Å². The van der Waals surface area contributed by atoms with Crippen LogP contribution in [0.5, 0.6) is 5.75 Å². The van der Waals surface area contributed by atoms with Gasteiger partial charge in [0.05, 0.1) is 20.5 Å². The molecule has 1 aromatic heterocycles. The molecule has 144 valence electrons. The minimum Gasteiger partial charge on any atom is -0.489 e. The number of carbonyl (C=O) groups is 1. The molecule has 0 fully saturated rings. The summed E-state index contributed by atoms with van der Waals surface area (Å²) in [6.07, 6.45) is 0. The van der Waals surface area contributed by atoms with Gasteiger partial charge < -0.3 is 10.1 Å². The molecule has 3 aromatic rings. The third-order valence-corrected chi connectivity index (χ3v) is 5.53. The predicted octanol–water partition coefficient (Wildman–Crippen LogP) is 5.76. The number of carbonyl (C=O) groups excluding carboxylic acids is 1. The van der Waals surface area contributed by atoms with Crippen LogP contribution in [0.4, 0.5) is 11.4 Å². The van der Waals surface area contributed by atoms with Gasteiger partial charge in [-0.1, -0.05) is 23.7 Å². The number of ether oxygens (including phenoxy) is 1. The highest BCUT2D eigenvalue weighted by molar-refractivity contribution is 7.12. The van der Waals surface area contributed by atoms with Crippen molar-refractivity contribution in [2.75, 3.05) is 5.32 Å². The minimum atomic E-state index is -0.543. The first-order valence-electron chi connectivity index (χ1n) is 8.37. The number of hydrogen-bond acceptors (Lipinski definition) is 5. The molecular weight excluding hydrogens is 400 g/mol. The molecule has 1 amide bonds. The van der Waals surface area contributed by atoms with Crippen LogP contribution in [-0.4, -0.2) is 10.8 Å². The number of thiophene rings is 1. The van der Waals surface area contributed by atoms with E-state index >= 15 is 0 Å². The smallest absolute Gasteiger partial charge is 0.271 e. The lowest BCUT2D eigenvalue weighted by atomic mass is 10.1. The van der Waals surface area contributed by atoms with Crippen LogP contribution in [0, 0.1) is 24.0 Å². The van der Waals surface area contributed by atoms with Gasteiger partial charge in [0.25, 0.3) is 11.6 Å². The summed E-state index contributed by atoms with van der Waals surface area (Å²) in [7, 11) is 0. The fourth-order valence-electron chi connectivity index (χ4n) is 2.51. The van der Waals surface area contributed by atoms with Crippen LogP contribution in [0.3, 0.4) is 0 Å². The third kappa shape index (κ3) is 4.49. The Balaban J connectivity index is 1.65. The second-order valence-corrected chi connectivity index (χ2v) is 7.50. The number of aryl methyl sites for hydroxylation is 1. The zero-order valence-corrected chi connectivity index (χ0v) is 16.8. The normalized spacial score (nSPS) is 10.5. The van der Waals surface area contributed by atoms with Gasteiger partial charge in [0, 0.05) is 17.7 Å². The van der Waals surface area contributed by atoms with Crippen molar-refractivity contribution in [3.8, 4) is 5.75 Å². The molecule has 0 aliphatic heterocycles. The highest BCUT2D eigenvalue weighted by atomic mass is 35.5. The fourth-order valence-corrected chi connectivity index (χ4v) is 3.53. The van der Waals surface area contributed by atoms with Crippen molar-refractivity contribution in [1.29, 1.82) is 0 Å². The van der Waals surface area contributed by atoms with Gasteiger partial charge in [-0.3, -0.25) is 14.9 Å². The summed E-state index contributed by atoms with van der Waals surface area (Å²) >= 11 is 7.31. The number of anilines is 1. The monoisotopic (exact) mass is 416 g/mol. The molecule has 0 bridgehead atoms. The summed E-state index contributed by atoms with van der Waals surface area (Å²) in [4.78, 5) is 23.2. The number of nitrogens with one attached hydrogen (secondary N) is 1. The maximum absolute atomic E-state index is 12.4. The number of nitro groups is 1. The van der Waals surface area contributed by atoms with Crippen molar-refractivity contribution in [3.63, 3.8) is 0 Å². The molecule has 0 radical (unpaired) electrons. The Labute approximate surface area is 170 Å². The Kier molecular flexibility index (Phi) is 5.96. The SMILES string of the molecule is Cc1cccc(OCc2csc(C(=O)Nc3ccc([N+](=O)[O-])cc3Cl)c2)c1C. The second kappa shape index (κ2) is 8.41. The van der Waals surface area contributed by atoms with E-state index in [1.54, 1.807) is 6.07 Å². The van der Waals surface area contributed by atoms with Gasteiger partial charge in [-0.25, -0.2) is 0 Å². The van der Waals surface area contributed by atoms with Crippen LogP contribution in [0.15, 0.2) is 47.8 Å². The number of non-ortho nitro benzene ring substituents is 1. The number of nitro benzene ring substituents is 1. The van der Waals surface area contributed by atoms with Crippen molar-refractivity contribution < 1.29 is 14.5 Å². The molecule has 1 heterocycles. The van der Waals surface area contributed by atoms with Gasteiger partial charge in [0.15, 0.2) is 0 Å². The summed E-state index contributed by atoms with van der Waals surface area (Å²) in [6, 6.07) is 11.5.